The first-order valence-corrected chi connectivity index (χ1v) is 7.84. The summed E-state index contributed by atoms with van der Waals surface area (Å²) < 4.78 is 45.6. The fourth-order valence-corrected chi connectivity index (χ4v) is 2.22. The molecule has 0 atom stereocenters. The number of amides is 1. The van der Waals surface area contributed by atoms with Gasteiger partial charge in [-0.05, 0) is 30.7 Å². The first-order chi connectivity index (χ1) is 12.6. The Morgan fingerprint density at radius 2 is 1.93 bits per heavy atom. The first kappa shape index (κ1) is 20.5. The van der Waals surface area contributed by atoms with Crippen LogP contribution in [0.2, 0.25) is 5.02 Å². The Morgan fingerprint density at radius 1 is 1.22 bits per heavy atom. The van der Waals surface area contributed by atoms with Gasteiger partial charge >= 0.3 is 12.1 Å². The summed E-state index contributed by atoms with van der Waals surface area (Å²) in [5.74, 6) is -1.62. The number of hydrogen-bond donors (Lipinski definition) is 1. The normalized spacial score (nSPS) is 11.0. The van der Waals surface area contributed by atoms with Crippen LogP contribution in [0.15, 0.2) is 30.5 Å². The van der Waals surface area contributed by atoms with Crippen molar-refractivity contribution in [3.63, 3.8) is 0 Å². The molecule has 27 heavy (non-hydrogen) atoms. The number of benzene rings is 1. The zero-order valence-electron chi connectivity index (χ0n) is 14.2. The van der Waals surface area contributed by atoms with E-state index in [4.69, 9.17) is 11.6 Å². The smallest absolute Gasteiger partial charge is 0.422 e. The van der Waals surface area contributed by atoms with Gasteiger partial charge in [0.2, 0.25) is 5.88 Å². The van der Waals surface area contributed by atoms with Crippen LogP contribution in [0.3, 0.4) is 0 Å². The lowest BCUT2D eigenvalue weighted by molar-refractivity contribution is -0.154. The second-order valence-corrected chi connectivity index (χ2v) is 5.80. The molecule has 1 N–H and O–H groups in total. The van der Waals surface area contributed by atoms with Gasteiger partial charge in [0, 0.05) is 11.9 Å². The van der Waals surface area contributed by atoms with E-state index in [0.717, 1.165) is 12.3 Å². The molecule has 1 aromatic heterocycles. The predicted molar refractivity (Wildman–Crippen MR) is 91.3 cm³/mol. The van der Waals surface area contributed by atoms with E-state index in [1.54, 1.807) is 19.1 Å². The number of ether oxygens (including phenoxy) is 2. The van der Waals surface area contributed by atoms with E-state index in [2.05, 4.69) is 19.8 Å². The van der Waals surface area contributed by atoms with Crippen molar-refractivity contribution in [1.82, 2.24) is 4.98 Å². The van der Waals surface area contributed by atoms with Crippen LogP contribution >= 0.6 is 11.6 Å². The summed E-state index contributed by atoms with van der Waals surface area (Å²) in [5.41, 5.74) is 1.28. The van der Waals surface area contributed by atoms with Gasteiger partial charge in [0.05, 0.1) is 18.2 Å². The van der Waals surface area contributed by atoms with Gasteiger partial charge in [-0.3, -0.25) is 4.79 Å². The SMILES string of the molecule is COC(=O)c1ccc(C)c(NC(=O)c2cnc(OCC(F)(F)F)c(Cl)c2)c1. The van der Waals surface area contributed by atoms with Gasteiger partial charge in [-0.1, -0.05) is 17.7 Å². The van der Waals surface area contributed by atoms with Crippen molar-refractivity contribution < 1.29 is 32.2 Å². The van der Waals surface area contributed by atoms with Gasteiger partial charge in [0.1, 0.15) is 5.02 Å². The predicted octanol–water partition coefficient (Wildman–Crippen LogP) is 4.02. The number of esters is 1. The zero-order valence-corrected chi connectivity index (χ0v) is 14.9. The van der Waals surface area contributed by atoms with Crippen LogP contribution in [0.1, 0.15) is 26.3 Å². The van der Waals surface area contributed by atoms with Gasteiger partial charge in [-0.25, -0.2) is 9.78 Å². The third-order valence-electron chi connectivity index (χ3n) is 3.35. The molecule has 0 spiro atoms. The maximum absolute atomic E-state index is 12.4. The molecule has 6 nitrogen and oxygen atoms in total. The summed E-state index contributed by atoms with van der Waals surface area (Å²) in [4.78, 5) is 27.6. The highest BCUT2D eigenvalue weighted by Crippen LogP contribution is 2.26. The van der Waals surface area contributed by atoms with Crippen LogP contribution in [0, 0.1) is 6.92 Å². The van der Waals surface area contributed by atoms with Gasteiger partial charge in [-0.15, -0.1) is 0 Å². The van der Waals surface area contributed by atoms with Crippen LogP contribution in [0.4, 0.5) is 18.9 Å². The van der Waals surface area contributed by atoms with Crippen LogP contribution in [-0.2, 0) is 4.74 Å². The van der Waals surface area contributed by atoms with Crippen LogP contribution in [0.25, 0.3) is 0 Å². The van der Waals surface area contributed by atoms with Crippen molar-refractivity contribution in [2.24, 2.45) is 0 Å². The van der Waals surface area contributed by atoms with Crippen LogP contribution < -0.4 is 10.1 Å². The van der Waals surface area contributed by atoms with E-state index in [-0.39, 0.29) is 16.1 Å². The number of rotatable bonds is 5. The molecule has 2 rings (SSSR count). The minimum absolute atomic E-state index is 0.00206. The number of hydrogen-bond acceptors (Lipinski definition) is 5. The summed E-state index contributed by atoms with van der Waals surface area (Å²) in [6, 6.07) is 5.74. The Kier molecular flexibility index (Phi) is 6.27. The molecule has 0 fully saturated rings. The maximum atomic E-state index is 12.4. The number of carbonyl (C=O) groups is 2. The van der Waals surface area contributed by atoms with Crippen molar-refractivity contribution in [3.8, 4) is 5.88 Å². The van der Waals surface area contributed by atoms with E-state index >= 15 is 0 Å². The maximum Gasteiger partial charge on any atom is 0.422 e. The number of methoxy groups -OCH3 is 1. The Balaban J connectivity index is 2.17. The van der Waals surface area contributed by atoms with Gasteiger partial charge < -0.3 is 14.8 Å². The molecular weight excluding hydrogens is 389 g/mol. The quantitative estimate of drug-likeness (QED) is 0.764. The molecule has 0 saturated carbocycles. The third kappa shape index (κ3) is 5.58. The van der Waals surface area contributed by atoms with Gasteiger partial charge in [0.15, 0.2) is 6.61 Å². The molecule has 0 unspecified atom stereocenters. The van der Waals surface area contributed by atoms with Crippen LogP contribution in [-0.4, -0.2) is 36.8 Å². The standard InChI is InChI=1S/C17H14ClF3N2O4/c1-9-3-4-10(16(25)26-2)6-13(9)23-14(24)11-5-12(18)15(22-7-11)27-8-17(19,20)21/h3-7H,8H2,1-2H3,(H,23,24). The number of aromatic nitrogens is 1. The molecule has 10 heteroatoms. The highest BCUT2D eigenvalue weighted by Gasteiger charge is 2.29. The molecule has 2 aromatic rings. The molecule has 0 saturated heterocycles. The van der Waals surface area contributed by atoms with E-state index < -0.39 is 30.5 Å². The molecule has 0 aliphatic carbocycles. The van der Waals surface area contributed by atoms with Crippen molar-refractivity contribution in [2.45, 2.75) is 13.1 Å². The van der Waals surface area contributed by atoms with Gasteiger partial charge in [0.25, 0.3) is 5.91 Å². The molecule has 1 heterocycles. The van der Waals surface area contributed by atoms with Crippen molar-refractivity contribution in [3.05, 3.63) is 52.2 Å². The minimum atomic E-state index is -4.54. The van der Waals surface area contributed by atoms with E-state index in [0.29, 0.717) is 11.3 Å². The van der Waals surface area contributed by atoms with E-state index in [1.807, 2.05) is 0 Å². The second-order valence-electron chi connectivity index (χ2n) is 5.39. The number of nitrogens with one attached hydrogen (secondary N) is 1. The number of halogens is 4. The third-order valence-corrected chi connectivity index (χ3v) is 3.62. The number of carbonyl (C=O) groups excluding carboxylic acids is 2. The van der Waals surface area contributed by atoms with Gasteiger partial charge in [-0.2, -0.15) is 13.2 Å². The fourth-order valence-electron chi connectivity index (χ4n) is 2.00. The monoisotopic (exact) mass is 402 g/mol. The lowest BCUT2D eigenvalue weighted by Gasteiger charge is -2.12. The molecular formula is C17H14ClF3N2O4. The highest BCUT2D eigenvalue weighted by molar-refractivity contribution is 6.32. The first-order valence-electron chi connectivity index (χ1n) is 7.46. The summed E-state index contributed by atoms with van der Waals surface area (Å²) in [6.07, 6.45) is -3.50. The number of anilines is 1. The second kappa shape index (κ2) is 8.26. The summed E-state index contributed by atoms with van der Waals surface area (Å²) >= 11 is 5.83. The van der Waals surface area contributed by atoms with Crippen molar-refractivity contribution >= 4 is 29.2 Å². The topological polar surface area (TPSA) is 77.5 Å². The average molecular weight is 403 g/mol. The highest BCUT2D eigenvalue weighted by atomic mass is 35.5. The summed E-state index contributed by atoms with van der Waals surface area (Å²) in [6.45, 7) is 0.167. The Labute approximate surface area is 157 Å². The minimum Gasteiger partial charge on any atom is -0.467 e. The molecule has 0 aliphatic rings. The van der Waals surface area contributed by atoms with Crippen LogP contribution in [0.5, 0.6) is 5.88 Å². The Morgan fingerprint density at radius 3 is 2.52 bits per heavy atom. The molecule has 0 radical (unpaired) electrons. The number of pyridine rings is 1. The van der Waals surface area contributed by atoms with Crippen molar-refractivity contribution in [2.75, 3.05) is 19.0 Å². The molecule has 1 amide bonds. The fraction of sp³-hybridized carbons (Fsp3) is 0.235. The molecule has 144 valence electrons. The summed E-state index contributed by atoms with van der Waals surface area (Å²) in [5, 5.41) is 2.34. The molecule has 0 bridgehead atoms. The summed E-state index contributed by atoms with van der Waals surface area (Å²) in [7, 11) is 1.23. The largest absolute Gasteiger partial charge is 0.467 e. The molecule has 1 aromatic carbocycles. The molecule has 0 aliphatic heterocycles. The van der Waals surface area contributed by atoms with E-state index in [9.17, 15) is 22.8 Å². The average Bonchev–Trinajstić information content (AvgIpc) is 2.60. The Bertz CT molecular complexity index is 872. The number of alkyl halides is 3. The van der Waals surface area contributed by atoms with Crippen molar-refractivity contribution in [1.29, 1.82) is 0 Å². The Hall–Kier alpha value is -2.81. The zero-order chi connectivity index (χ0) is 20.2. The lowest BCUT2D eigenvalue weighted by Crippen LogP contribution is -2.20. The lowest BCUT2D eigenvalue weighted by atomic mass is 10.1. The van der Waals surface area contributed by atoms with E-state index in [1.165, 1.54) is 13.2 Å². The number of nitrogens with zero attached hydrogens (tertiary/aromatic N) is 1. The number of aryl methyl sites for hydroxylation is 1.